The highest BCUT2D eigenvalue weighted by Crippen LogP contribution is 2.21. The molecule has 0 unspecified atom stereocenters. The van der Waals surface area contributed by atoms with Crippen LogP contribution in [0.2, 0.25) is 0 Å². The van der Waals surface area contributed by atoms with Crippen LogP contribution in [-0.2, 0) is 13.2 Å². The minimum atomic E-state index is 0.107. The average Bonchev–Trinajstić information content (AvgIpc) is 2.46. The first-order chi connectivity index (χ1) is 9.24. The van der Waals surface area contributed by atoms with E-state index in [1.54, 1.807) is 0 Å². The molecule has 0 atom stereocenters. The van der Waals surface area contributed by atoms with Crippen LogP contribution in [0.15, 0.2) is 48.5 Å². The van der Waals surface area contributed by atoms with E-state index in [1.807, 2.05) is 12.1 Å². The summed E-state index contributed by atoms with van der Waals surface area (Å²) in [4.78, 5) is 2.36. The first-order valence-corrected chi connectivity index (χ1v) is 6.74. The van der Waals surface area contributed by atoms with Gasteiger partial charge in [-0.05, 0) is 36.6 Å². The lowest BCUT2D eigenvalue weighted by Crippen LogP contribution is -2.22. The predicted octanol–water partition coefficient (Wildman–Crippen LogP) is 3.51. The normalized spacial score (nSPS) is 10.5. The third kappa shape index (κ3) is 3.36. The SMILES string of the molecule is CCN(Cc1ccc(CO)cc1)c1ccccc1C. The molecule has 100 valence electrons. The lowest BCUT2D eigenvalue weighted by Gasteiger charge is -2.25. The van der Waals surface area contributed by atoms with Crippen LogP contribution in [0.25, 0.3) is 0 Å². The van der Waals surface area contributed by atoms with Crippen molar-refractivity contribution in [1.29, 1.82) is 0 Å². The Hall–Kier alpha value is -1.80. The second-order valence-electron chi connectivity index (χ2n) is 4.78. The molecule has 0 fully saturated rings. The van der Waals surface area contributed by atoms with Gasteiger partial charge in [-0.2, -0.15) is 0 Å². The second kappa shape index (κ2) is 6.39. The fourth-order valence-corrected chi connectivity index (χ4v) is 2.26. The summed E-state index contributed by atoms with van der Waals surface area (Å²) < 4.78 is 0. The van der Waals surface area contributed by atoms with Crippen molar-refractivity contribution in [2.24, 2.45) is 0 Å². The molecule has 0 radical (unpaired) electrons. The standard InChI is InChI=1S/C17H21NO/c1-3-18(17-7-5-4-6-14(17)2)12-15-8-10-16(13-19)11-9-15/h4-11,19H,3,12-13H2,1-2H3. The molecule has 0 aliphatic heterocycles. The Bertz CT molecular complexity index is 519. The van der Waals surface area contributed by atoms with E-state index >= 15 is 0 Å². The maximum atomic E-state index is 9.06. The molecule has 2 rings (SSSR count). The van der Waals surface area contributed by atoms with Gasteiger partial charge in [-0.3, -0.25) is 0 Å². The Balaban J connectivity index is 2.17. The Labute approximate surface area is 115 Å². The van der Waals surface area contributed by atoms with Gasteiger partial charge in [0.2, 0.25) is 0 Å². The fraction of sp³-hybridized carbons (Fsp3) is 0.294. The second-order valence-corrected chi connectivity index (χ2v) is 4.78. The summed E-state index contributed by atoms with van der Waals surface area (Å²) in [5.41, 5.74) is 4.82. The van der Waals surface area contributed by atoms with Crippen molar-refractivity contribution in [3.05, 3.63) is 65.2 Å². The molecular formula is C17H21NO. The van der Waals surface area contributed by atoms with E-state index in [1.165, 1.54) is 16.8 Å². The van der Waals surface area contributed by atoms with Crippen LogP contribution in [0.4, 0.5) is 5.69 Å². The van der Waals surface area contributed by atoms with Gasteiger partial charge >= 0.3 is 0 Å². The van der Waals surface area contributed by atoms with Crippen LogP contribution in [0.5, 0.6) is 0 Å². The highest BCUT2D eigenvalue weighted by Gasteiger charge is 2.07. The van der Waals surface area contributed by atoms with Gasteiger partial charge in [0.05, 0.1) is 6.61 Å². The molecule has 0 amide bonds. The van der Waals surface area contributed by atoms with Crippen LogP contribution >= 0.6 is 0 Å². The minimum Gasteiger partial charge on any atom is -0.392 e. The highest BCUT2D eigenvalue weighted by molar-refractivity contribution is 5.53. The Kier molecular flexibility index (Phi) is 4.58. The van der Waals surface area contributed by atoms with E-state index in [4.69, 9.17) is 5.11 Å². The lowest BCUT2D eigenvalue weighted by molar-refractivity contribution is 0.282. The molecule has 2 nitrogen and oxygen atoms in total. The van der Waals surface area contributed by atoms with Gasteiger partial charge in [-0.15, -0.1) is 0 Å². The van der Waals surface area contributed by atoms with Crippen molar-refractivity contribution in [1.82, 2.24) is 0 Å². The van der Waals surface area contributed by atoms with Crippen molar-refractivity contribution in [2.45, 2.75) is 27.0 Å². The summed E-state index contributed by atoms with van der Waals surface area (Å²) >= 11 is 0. The number of benzene rings is 2. The number of hydrogen-bond donors (Lipinski definition) is 1. The molecule has 0 aromatic heterocycles. The van der Waals surface area contributed by atoms with Crippen molar-refractivity contribution in [3.8, 4) is 0 Å². The molecule has 0 aliphatic carbocycles. The van der Waals surface area contributed by atoms with Gasteiger partial charge in [0.15, 0.2) is 0 Å². The molecule has 0 bridgehead atoms. The van der Waals surface area contributed by atoms with Crippen molar-refractivity contribution in [3.63, 3.8) is 0 Å². The summed E-state index contributed by atoms with van der Waals surface area (Å²) in [6, 6.07) is 16.6. The van der Waals surface area contributed by atoms with E-state index in [-0.39, 0.29) is 6.61 Å². The van der Waals surface area contributed by atoms with Crippen LogP contribution in [-0.4, -0.2) is 11.7 Å². The van der Waals surface area contributed by atoms with Crippen LogP contribution < -0.4 is 4.90 Å². The lowest BCUT2D eigenvalue weighted by atomic mass is 10.1. The molecule has 0 aliphatic rings. The molecule has 2 aromatic carbocycles. The number of hydrogen-bond acceptors (Lipinski definition) is 2. The zero-order valence-corrected chi connectivity index (χ0v) is 11.6. The van der Waals surface area contributed by atoms with Crippen LogP contribution in [0, 0.1) is 6.92 Å². The molecular weight excluding hydrogens is 234 g/mol. The van der Waals surface area contributed by atoms with E-state index < -0.39 is 0 Å². The van der Waals surface area contributed by atoms with Gasteiger partial charge in [0.1, 0.15) is 0 Å². The van der Waals surface area contributed by atoms with Gasteiger partial charge in [0.25, 0.3) is 0 Å². The number of aliphatic hydroxyl groups excluding tert-OH is 1. The zero-order chi connectivity index (χ0) is 13.7. The number of aryl methyl sites for hydroxylation is 1. The fourth-order valence-electron chi connectivity index (χ4n) is 2.26. The first-order valence-electron chi connectivity index (χ1n) is 6.74. The molecule has 2 heteroatoms. The maximum absolute atomic E-state index is 9.06. The monoisotopic (exact) mass is 255 g/mol. The third-order valence-corrected chi connectivity index (χ3v) is 3.42. The van der Waals surface area contributed by atoms with Crippen molar-refractivity contribution in [2.75, 3.05) is 11.4 Å². The van der Waals surface area contributed by atoms with Gasteiger partial charge in [-0.25, -0.2) is 0 Å². The van der Waals surface area contributed by atoms with Crippen molar-refractivity contribution >= 4 is 5.69 Å². The summed E-state index contributed by atoms with van der Waals surface area (Å²) in [6.45, 7) is 6.30. The zero-order valence-electron chi connectivity index (χ0n) is 11.6. The van der Waals surface area contributed by atoms with Gasteiger partial charge in [0, 0.05) is 18.8 Å². The number of para-hydroxylation sites is 1. The Morgan fingerprint density at radius 1 is 0.947 bits per heavy atom. The van der Waals surface area contributed by atoms with E-state index in [9.17, 15) is 0 Å². The van der Waals surface area contributed by atoms with E-state index in [0.717, 1.165) is 18.7 Å². The van der Waals surface area contributed by atoms with Crippen LogP contribution in [0.3, 0.4) is 0 Å². The number of rotatable bonds is 5. The summed E-state index contributed by atoms with van der Waals surface area (Å²) in [5.74, 6) is 0. The summed E-state index contributed by atoms with van der Waals surface area (Å²) in [7, 11) is 0. The minimum absolute atomic E-state index is 0.107. The maximum Gasteiger partial charge on any atom is 0.0681 e. The molecule has 0 saturated heterocycles. The Morgan fingerprint density at radius 2 is 1.58 bits per heavy atom. The highest BCUT2D eigenvalue weighted by atomic mass is 16.3. The van der Waals surface area contributed by atoms with Crippen molar-refractivity contribution < 1.29 is 5.11 Å². The number of nitrogens with zero attached hydrogens (tertiary/aromatic N) is 1. The molecule has 19 heavy (non-hydrogen) atoms. The predicted molar refractivity (Wildman–Crippen MR) is 80.3 cm³/mol. The topological polar surface area (TPSA) is 23.5 Å². The first kappa shape index (κ1) is 13.6. The molecule has 0 spiro atoms. The van der Waals surface area contributed by atoms with Crippen LogP contribution in [0.1, 0.15) is 23.6 Å². The van der Waals surface area contributed by atoms with Gasteiger partial charge < -0.3 is 10.0 Å². The van der Waals surface area contributed by atoms with E-state index in [0.29, 0.717) is 0 Å². The van der Waals surface area contributed by atoms with E-state index in [2.05, 4.69) is 55.1 Å². The average molecular weight is 255 g/mol. The molecule has 0 saturated carbocycles. The van der Waals surface area contributed by atoms with Gasteiger partial charge in [-0.1, -0.05) is 42.5 Å². The number of anilines is 1. The largest absolute Gasteiger partial charge is 0.392 e. The summed E-state index contributed by atoms with van der Waals surface area (Å²) in [5, 5.41) is 9.06. The quantitative estimate of drug-likeness (QED) is 0.883. The molecule has 0 heterocycles. The molecule has 2 aromatic rings. The third-order valence-electron chi connectivity index (χ3n) is 3.42. The summed E-state index contributed by atoms with van der Waals surface area (Å²) in [6.07, 6.45) is 0. The number of aliphatic hydroxyl groups is 1. The molecule has 1 N–H and O–H groups in total. The smallest absolute Gasteiger partial charge is 0.0681 e. The Morgan fingerprint density at radius 3 is 2.16 bits per heavy atom.